The Balaban J connectivity index is 2.19. The summed E-state index contributed by atoms with van der Waals surface area (Å²) in [6.45, 7) is 4.10. The highest BCUT2D eigenvalue weighted by Crippen LogP contribution is 2.23. The zero-order valence-electron chi connectivity index (χ0n) is 9.49. The molecule has 16 heavy (non-hydrogen) atoms. The van der Waals surface area contributed by atoms with Crippen LogP contribution >= 0.6 is 11.6 Å². The van der Waals surface area contributed by atoms with Crippen molar-refractivity contribution in [1.29, 1.82) is 0 Å². The van der Waals surface area contributed by atoms with E-state index in [1.807, 2.05) is 6.07 Å². The molecule has 4 nitrogen and oxygen atoms in total. The summed E-state index contributed by atoms with van der Waals surface area (Å²) in [5, 5.41) is 0.502. The third-order valence-electron chi connectivity index (χ3n) is 2.89. The van der Waals surface area contributed by atoms with Crippen LogP contribution in [-0.2, 0) is 0 Å². The molecule has 0 radical (unpaired) electrons. The molecule has 5 heteroatoms. The highest BCUT2D eigenvalue weighted by atomic mass is 35.5. The van der Waals surface area contributed by atoms with Gasteiger partial charge in [0.05, 0.1) is 5.69 Å². The van der Waals surface area contributed by atoms with Crippen LogP contribution in [0, 0.1) is 0 Å². The van der Waals surface area contributed by atoms with Crippen molar-refractivity contribution in [2.75, 3.05) is 43.9 Å². The van der Waals surface area contributed by atoms with Crippen molar-refractivity contribution in [2.45, 2.75) is 6.42 Å². The molecule has 1 aliphatic rings. The molecule has 1 aliphatic heterocycles. The van der Waals surface area contributed by atoms with Crippen LogP contribution in [0.15, 0.2) is 12.1 Å². The van der Waals surface area contributed by atoms with Gasteiger partial charge in [-0.05, 0) is 32.1 Å². The molecule has 0 aliphatic carbocycles. The van der Waals surface area contributed by atoms with Crippen LogP contribution < -0.4 is 10.6 Å². The molecule has 88 valence electrons. The molecule has 2 heterocycles. The highest BCUT2D eigenvalue weighted by Gasteiger charge is 2.15. The van der Waals surface area contributed by atoms with E-state index in [0.717, 1.165) is 38.4 Å². The Morgan fingerprint density at radius 1 is 1.25 bits per heavy atom. The maximum Gasteiger partial charge on any atom is 0.153 e. The Morgan fingerprint density at radius 3 is 2.88 bits per heavy atom. The van der Waals surface area contributed by atoms with Crippen LogP contribution in [0.2, 0.25) is 5.15 Å². The number of pyridine rings is 1. The van der Waals surface area contributed by atoms with E-state index in [4.69, 9.17) is 17.3 Å². The Hall–Kier alpha value is -1.00. The predicted octanol–water partition coefficient (Wildman–Crippen LogP) is 1.46. The van der Waals surface area contributed by atoms with Gasteiger partial charge in [-0.3, -0.25) is 0 Å². The number of nitrogens with two attached hydrogens (primary N) is 1. The fraction of sp³-hybridized carbons (Fsp3) is 0.545. The van der Waals surface area contributed by atoms with Gasteiger partial charge in [-0.1, -0.05) is 11.6 Å². The van der Waals surface area contributed by atoms with Crippen LogP contribution in [0.5, 0.6) is 0 Å². The number of aromatic nitrogens is 1. The van der Waals surface area contributed by atoms with Crippen LogP contribution in [0.4, 0.5) is 11.5 Å². The first-order valence-corrected chi connectivity index (χ1v) is 5.90. The van der Waals surface area contributed by atoms with Gasteiger partial charge >= 0.3 is 0 Å². The normalized spacial score (nSPS) is 18.5. The molecule has 0 aromatic carbocycles. The summed E-state index contributed by atoms with van der Waals surface area (Å²) in [5.41, 5.74) is 6.63. The minimum Gasteiger partial charge on any atom is -0.396 e. The van der Waals surface area contributed by atoms with Gasteiger partial charge in [-0.15, -0.1) is 0 Å². The van der Waals surface area contributed by atoms with E-state index < -0.39 is 0 Å². The van der Waals surface area contributed by atoms with E-state index in [9.17, 15) is 0 Å². The van der Waals surface area contributed by atoms with Crippen molar-refractivity contribution < 1.29 is 0 Å². The molecule has 0 atom stereocenters. The van der Waals surface area contributed by atoms with E-state index in [0.29, 0.717) is 10.8 Å². The van der Waals surface area contributed by atoms with Crippen molar-refractivity contribution in [3.63, 3.8) is 0 Å². The zero-order chi connectivity index (χ0) is 11.5. The molecule has 0 spiro atoms. The number of rotatable bonds is 1. The maximum absolute atomic E-state index is 5.93. The van der Waals surface area contributed by atoms with E-state index in [1.165, 1.54) is 0 Å². The monoisotopic (exact) mass is 240 g/mol. The number of nitrogen functional groups attached to an aromatic ring is 1. The second-order valence-corrected chi connectivity index (χ2v) is 4.58. The second-order valence-electron chi connectivity index (χ2n) is 4.19. The van der Waals surface area contributed by atoms with Gasteiger partial charge < -0.3 is 15.5 Å². The standard InChI is InChI=1S/C11H17ClN4/c1-15-5-2-6-16(8-7-15)11-9(13)3-4-10(12)14-11/h3-4H,2,5-8,13H2,1H3. The van der Waals surface area contributed by atoms with Gasteiger partial charge in [0, 0.05) is 19.6 Å². The summed E-state index contributed by atoms with van der Waals surface area (Å²) in [4.78, 5) is 8.84. The summed E-state index contributed by atoms with van der Waals surface area (Å²) in [5.74, 6) is 0.822. The number of hydrogen-bond acceptors (Lipinski definition) is 4. The summed E-state index contributed by atoms with van der Waals surface area (Å²) in [6.07, 6.45) is 1.13. The maximum atomic E-state index is 5.93. The Morgan fingerprint density at radius 2 is 2.06 bits per heavy atom. The molecule has 0 bridgehead atoms. The molecular weight excluding hydrogens is 224 g/mol. The van der Waals surface area contributed by atoms with E-state index in [1.54, 1.807) is 6.07 Å². The first-order chi connectivity index (χ1) is 7.66. The molecule has 1 aromatic heterocycles. The number of likely N-dealkylation sites (N-methyl/N-ethyl adjacent to an activating group) is 1. The number of hydrogen-bond donors (Lipinski definition) is 1. The minimum absolute atomic E-state index is 0.502. The van der Waals surface area contributed by atoms with Gasteiger partial charge in [0.1, 0.15) is 5.15 Å². The van der Waals surface area contributed by atoms with Gasteiger partial charge in [0.2, 0.25) is 0 Å². The first-order valence-electron chi connectivity index (χ1n) is 5.52. The number of nitrogens with zero attached hydrogens (tertiary/aromatic N) is 3. The molecule has 0 saturated carbocycles. The quantitative estimate of drug-likeness (QED) is 0.755. The van der Waals surface area contributed by atoms with Crippen LogP contribution in [0.1, 0.15) is 6.42 Å². The molecule has 0 unspecified atom stereocenters. The van der Waals surface area contributed by atoms with Crippen LogP contribution in [0.3, 0.4) is 0 Å². The second kappa shape index (κ2) is 4.89. The zero-order valence-corrected chi connectivity index (χ0v) is 10.2. The van der Waals surface area contributed by atoms with E-state index >= 15 is 0 Å². The average molecular weight is 241 g/mol. The smallest absolute Gasteiger partial charge is 0.153 e. The molecule has 1 saturated heterocycles. The van der Waals surface area contributed by atoms with Gasteiger partial charge in [0.25, 0.3) is 0 Å². The third kappa shape index (κ3) is 2.57. The molecular formula is C11H17ClN4. The Bertz CT molecular complexity index is 369. The summed E-state index contributed by atoms with van der Waals surface area (Å²) in [6, 6.07) is 3.55. The summed E-state index contributed by atoms with van der Waals surface area (Å²) >= 11 is 5.90. The molecule has 0 amide bonds. The topological polar surface area (TPSA) is 45.4 Å². The van der Waals surface area contributed by atoms with Crippen molar-refractivity contribution in [3.8, 4) is 0 Å². The third-order valence-corrected chi connectivity index (χ3v) is 3.10. The van der Waals surface area contributed by atoms with E-state index in [-0.39, 0.29) is 0 Å². The molecule has 2 N–H and O–H groups in total. The molecule has 1 fully saturated rings. The lowest BCUT2D eigenvalue weighted by molar-refractivity contribution is 0.360. The Labute approximate surface area is 101 Å². The highest BCUT2D eigenvalue weighted by molar-refractivity contribution is 6.29. The average Bonchev–Trinajstić information content (AvgIpc) is 2.47. The first kappa shape index (κ1) is 11.5. The lowest BCUT2D eigenvalue weighted by Crippen LogP contribution is -2.30. The fourth-order valence-corrected chi connectivity index (χ4v) is 2.09. The molecule has 2 rings (SSSR count). The predicted molar refractivity (Wildman–Crippen MR) is 68.0 cm³/mol. The number of anilines is 2. The van der Waals surface area contributed by atoms with Crippen LogP contribution in [-0.4, -0.2) is 43.1 Å². The lowest BCUT2D eigenvalue weighted by atomic mass is 10.3. The van der Waals surface area contributed by atoms with Crippen LogP contribution in [0.25, 0.3) is 0 Å². The summed E-state index contributed by atoms with van der Waals surface area (Å²) < 4.78 is 0. The Kier molecular flexibility index (Phi) is 3.51. The van der Waals surface area contributed by atoms with Crippen molar-refractivity contribution >= 4 is 23.1 Å². The van der Waals surface area contributed by atoms with Gasteiger partial charge in [-0.2, -0.15) is 0 Å². The van der Waals surface area contributed by atoms with Gasteiger partial charge in [0.15, 0.2) is 5.82 Å². The van der Waals surface area contributed by atoms with Gasteiger partial charge in [-0.25, -0.2) is 4.98 Å². The lowest BCUT2D eigenvalue weighted by Gasteiger charge is -2.23. The van der Waals surface area contributed by atoms with Crippen molar-refractivity contribution in [3.05, 3.63) is 17.3 Å². The largest absolute Gasteiger partial charge is 0.396 e. The SMILES string of the molecule is CN1CCCN(c2nc(Cl)ccc2N)CC1. The van der Waals surface area contributed by atoms with Crippen molar-refractivity contribution in [2.24, 2.45) is 0 Å². The molecule has 1 aromatic rings. The van der Waals surface area contributed by atoms with E-state index in [2.05, 4.69) is 21.8 Å². The number of halogens is 1. The van der Waals surface area contributed by atoms with Crippen molar-refractivity contribution in [1.82, 2.24) is 9.88 Å². The minimum atomic E-state index is 0.502. The fourth-order valence-electron chi connectivity index (χ4n) is 1.95. The summed E-state index contributed by atoms with van der Waals surface area (Å²) in [7, 11) is 2.14.